The van der Waals surface area contributed by atoms with Gasteiger partial charge in [-0.3, -0.25) is 14.5 Å². The third kappa shape index (κ3) is 2.88. The van der Waals surface area contributed by atoms with Crippen LogP contribution in [-0.2, 0) is 15.0 Å². The van der Waals surface area contributed by atoms with E-state index in [0.717, 1.165) is 17.9 Å². The fourth-order valence-corrected chi connectivity index (χ4v) is 3.50. The molecule has 1 aromatic carbocycles. The van der Waals surface area contributed by atoms with Gasteiger partial charge in [0.15, 0.2) is 5.78 Å². The largest absolute Gasteiger partial charge is 0.354 e. The zero-order valence-electron chi connectivity index (χ0n) is 13.9. The fourth-order valence-electron chi connectivity index (χ4n) is 3.50. The number of hydrogen-bond donors (Lipinski definition) is 1. The van der Waals surface area contributed by atoms with Crippen LogP contribution in [0.25, 0.3) is 0 Å². The van der Waals surface area contributed by atoms with Gasteiger partial charge in [-0.25, -0.2) is 0 Å². The summed E-state index contributed by atoms with van der Waals surface area (Å²) in [4.78, 5) is 27.9. The van der Waals surface area contributed by atoms with Crippen molar-refractivity contribution in [1.82, 2.24) is 10.2 Å². The van der Waals surface area contributed by atoms with Crippen molar-refractivity contribution in [3.8, 4) is 0 Å². The number of carbonyl (C=O) groups is 2. The maximum Gasteiger partial charge on any atom is 0.234 e. The van der Waals surface area contributed by atoms with Gasteiger partial charge >= 0.3 is 0 Å². The molecule has 2 aliphatic rings. The number of nitrogens with one attached hydrogen (secondary N) is 1. The minimum absolute atomic E-state index is 0.0116. The number of fused-ring (bicyclic) bond motifs is 1. The van der Waals surface area contributed by atoms with Crippen molar-refractivity contribution in [2.45, 2.75) is 19.3 Å². The first-order chi connectivity index (χ1) is 10.9. The molecule has 2 aliphatic heterocycles. The smallest absolute Gasteiger partial charge is 0.234 e. The van der Waals surface area contributed by atoms with Crippen LogP contribution in [0.3, 0.4) is 0 Å². The molecule has 23 heavy (non-hydrogen) atoms. The first kappa shape index (κ1) is 15.7. The van der Waals surface area contributed by atoms with Gasteiger partial charge in [0.25, 0.3) is 0 Å². The molecule has 0 aromatic heterocycles. The second kappa shape index (κ2) is 5.81. The highest BCUT2D eigenvalue weighted by Gasteiger charge is 2.38. The summed E-state index contributed by atoms with van der Waals surface area (Å²) in [5, 5.41) is 2.77. The number of ketones is 1. The zero-order valence-corrected chi connectivity index (χ0v) is 13.9. The molecule has 3 rings (SSSR count). The summed E-state index contributed by atoms with van der Waals surface area (Å²) in [6.45, 7) is 6.21. The second-order valence-corrected chi connectivity index (χ2v) is 6.76. The SMILES string of the molecule is CN1/C(=C\C(=O)CN2CCNC(=O)C2)C(C)(C)c2ccccc21. The Labute approximate surface area is 137 Å². The van der Waals surface area contributed by atoms with E-state index in [1.807, 2.05) is 24.1 Å². The predicted octanol–water partition coefficient (Wildman–Crippen LogP) is 1.30. The van der Waals surface area contributed by atoms with Crippen LogP contribution >= 0.6 is 0 Å². The Morgan fingerprint density at radius 3 is 2.78 bits per heavy atom. The molecule has 5 heteroatoms. The summed E-state index contributed by atoms with van der Waals surface area (Å²) in [5.41, 5.74) is 3.19. The molecule has 1 N–H and O–H groups in total. The van der Waals surface area contributed by atoms with Crippen LogP contribution in [0.5, 0.6) is 0 Å². The first-order valence-corrected chi connectivity index (χ1v) is 7.97. The van der Waals surface area contributed by atoms with Gasteiger partial charge in [-0.1, -0.05) is 32.0 Å². The van der Waals surface area contributed by atoms with Gasteiger partial charge in [-0.05, 0) is 11.6 Å². The Morgan fingerprint density at radius 1 is 1.35 bits per heavy atom. The lowest BCUT2D eigenvalue weighted by atomic mass is 9.83. The van der Waals surface area contributed by atoms with E-state index in [1.54, 1.807) is 6.08 Å². The van der Waals surface area contributed by atoms with E-state index in [4.69, 9.17) is 0 Å². The highest BCUT2D eigenvalue weighted by molar-refractivity contribution is 5.94. The lowest BCUT2D eigenvalue weighted by molar-refractivity contribution is -0.125. The van der Waals surface area contributed by atoms with Gasteiger partial charge in [0.05, 0.1) is 13.1 Å². The van der Waals surface area contributed by atoms with Crippen LogP contribution in [0, 0.1) is 0 Å². The van der Waals surface area contributed by atoms with E-state index in [-0.39, 0.29) is 23.7 Å². The van der Waals surface area contributed by atoms with Crippen molar-refractivity contribution < 1.29 is 9.59 Å². The molecule has 122 valence electrons. The normalized spacial score (nSPS) is 22.1. The molecule has 0 unspecified atom stereocenters. The molecule has 0 bridgehead atoms. The minimum Gasteiger partial charge on any atom is -0.354 e. The summed E-state index contributed by atoms with van der Waals surface area (Å²) in [6, 6.07) is 8.25. The van der Waals surface area contributed by atoms with Crippen LogP contribution in [0.2, 0.25) is 0 Å². The number of rotatable bonds is 3. The van der Waals surface area contributed by atoms with Gasteiger partial charge in [-0.15, -0.1) is 0 Å². The van der Waals surface area contributed by atoms with E-state index < -0.39 is 0 Å². The summed E-state index contributed by atoms with van der Waals surface area (Å²) >= 11 is 0. The number of nitrogens with zero attached hydrogens (tertiary/aromatic N) is 2. The van der Waals surface area contributed by atoms with Gasteiger partial charge in [0, 0.05) is 43.0 Å². The van der Waals surface area contributed by atoms with Crippen molar-refractivity contribution in [3.63, 3.8) is 0 Å². The van der Waals surface area contributed by atoms with Crippen molar-refractivity contribution in [2.75, 3.05) is 38.1 Å². The van der Waals surface area contributed by atoms with Gasteiger partial charge in [-0.2, -0.15) is 0 Å². The second-order valence-electron chi connectivity index (χ2n) is 6.76. The van der Waals surface area contributed by atoms with Crippen LogP contribution in [0.4, 0.5) is 5.69 Å². The molecule has 0 radical (unpaired) electrons. The van der Waals surface area contributed by atoms with Gasteiger partial charge < -0.3 is 10.2 Å². The number of carbonyl (C=O) groups excluding carboxylic acids is 2. The molecule has 0 saturated carbocycles. The maximum absolute atomic E-state index is 12.5. The Morgan fingerprint density at radius 2 is 2.09 bits per heavy atom. The summed E-state index contributed by atoms with van der Waals surface area (Å²) in [7, 11) is 2.00. The number of para-hydroxylation sites is 1. The third-order valence-corrected chi connectivity index (χ3v) is 4.74. The Bertz CT molecular complexity index is 679. The number of hydrogen-bond acceptors (Lipinski definition) is 4. The average molecular weight is 313 g/mol. The summed E-state index contributed by atoms with van der Waals surface area (Å²) < 4.78 is 0. The zero-order chi connectivity index (χ0) is 16.6. The molecule has 5 nitrogen and oxygen atoms in total. The van der Waals surface area contributed by atoms with E-state index >= 15 is 0 Å². The molecule has 1 aromatic rings. The number of allylic oxidation sites excluding steroid dienone is 1. The number of benzene rings is 1. The molecular weight excluding hydrogens is 290 g/mol. The summed E-state index contributed by atoms with van der Waals surface area (Å²) in [6.07, 6.45) is 1.74. The quantitative estimate of drug-likeness (QED) is 0.855. The number of amides is 1. The minimum atomic E-state index is -0.194. The topological polar surface area (TPSA) is 52.7 Å². The monoisotopic (exact) mass is 313 g/mol. The molecule has 0 atom stereocenters. The standard InChI is InChI=1S/C18H23N3O2/c1-18(2)14-6-4-5-7-15(14)20(3)16(18)10-13(22)11-21-9-8-19-17(23)12-21/h4-7,10H,8-9,11-12H2,1-3H3,(H,19,23)/b16-10-. The molecule has 1 fully saturated rings. The fraction of sp³-hybridized carbons (Fsp3) is 0.444. The maximum atomic E-state index is 12.5. The Kier molecular flexibility index (Phi) is 3.98. The number of likely N-dealkylation sites (N-methyl/N-ethyl adjacent to an activating group) is 1. The molecule has 2 heterocycles. The van der Waals surface area contributed by atoms with Gasteiger partial charge in [0.1, 0.15) is 0 Å². The Hall–Kier alpha value is -2.14. The van der Waals surface area contributed by atoms with E-state index in [2.05, 4.69) is 36.2 Å². The van der Waals surface area contributed by atoms with Crippen LogP contribution in [-0.4, -0.2) is 49.8 Å². The van der Waals surface area contributed by atoms with Crippen LogP contribution < -0.4 is 10.2 Å². The van der Waals surface area contributed by atoms with Crippen LogP contribution in [0.1, 0.15) is 19.4 Å². The number of piperazine rings is 1. The van der Waals surface area contributed by atoms with Crippen molar-refractivity contribution in [3.05, 3.63) is 41.6 Å². The number of anilines is 1. The highest BCUT2D eigenvalue weighted by Crippen LogP contribution is 2.46. The molecule has 1 amide bonds. The van der Waals surface area contributed by atoms with E-state index in [1.165, 1.54) is 5.56 Å². The van der Waals surface area contributed by atoms with Crippen molar-refractivity contribution in [2.24, 2.45) is 0 Å². The molecule has 0 spiro atoms. The molecule has 0 aliphatic carbocycles. The lowest BCUT2D eigenvalue weighted by Gasteiger charge is -2.27. The van der Waals surface area contributed by atoms with Crippen LogP contribution in [0.15, 0.2) is 36.0 Å². The first-order valence-electron chi connectivity index (χ1n) is 7.97. The highest BCUT2D eigenvalue weighted by atomic mass is 16.2. The molecule has 1 saturated heterocycles. The molecular formula is C18H23N3O2. The summed E-state index contributed by atoms with van der Waals surface area (Å²) in [5.74, 6) is 0.0323. The Balaban J connectivity index is 1.79. The lowest BCUT2D eigenvalue weighted by Crippen LogP contribution is -2.49. The van der Waals surface area contributed by atoms with E-state index in [0.29, 0.717) is 13.1 Å². The van der Waals surface area contributed by atoms with E-state index in [9.17, 15) is 9.59 Å². The predicted molar refractivity (Wildman–Crippen MR) is 90.4 cm³/mol. The third-order valence-electron chi connectivity index (χ3n) is 4.74. The van der Waals surface area contributed by atoms with Crippen molar-refractivity contribution in [1.29, 1.82) is 0 Å². The van der Waals surface area contributed by atoms with Gasteiger partial charge in [0.2, 0.25) is 5.91 Å². The van der Waals surface area contributed by atoms with Crippen molar-refractivity contribution >= 4 is 17.4 Å². The average Bonchev–Trinajstić information content (AvgIpc) is 2.69.